The van der Waals surface area contributed by atoms with Gasteiger partial charge in [-0.2, -0.15) is 10.2 Å². The SMILES string of the molecule is CC(C)n1cc(CN2Cc3ccnn3[C@H](COc3ccccn3)C2)cn1. The molecule has 1 aliphatic rings. The van der Waals surface area contributed by atoms with E-state index >= 15 is 0 Å². The molecule has 3 aromatic heterocycles. The fourth-order valence-electron chi connectivity index (χ4n) is 3.32. The molecule has 0 aromatic carbocycles. The molecule has 0 saturated carbocycles. The van der Waals surface area contributed by atoms with Gasteiger partial charge in [0.1, 0.15) is 6.61 Å². The average Bonchev–Trinajstić information content (AvgIpc) is 3.30. The van der Waals surface area contributed by atoms with Crippen molar-refractivity contribution < 1.29 is 4.74 Å². The number of hydrogen-bond acceptors (Lipinski definition) is 5. The normalized spacial score (nSPS) is 17.4. The molecule has 26 heavy (non-hydrogen) atoms. The molecule has 0 aliphatic carbocycles. The predicted octanol–water partition coefficient (Wildman–Crippen LogP) is 2.69. The molecule has 7 nitrogen and oxygen atoms in total. The second-order valence-electron chi connectivity index (χ2n) is 6.99. The summed E-state index contributed by atoms with van der Waals surface area (Å²) in [5.74, 6) is 0.650. The molecule has 4 heterocycles. The largest absolute Gasteiger partial charge is 0.475 e. The molecule has 0 bridgehead atoms. The number of nitrogens with zero attached hydrogens (tertiary/aromatic N) is 6. The third-order valence-corrected chi connectivity index (χ3v) is 4.60. The van der Waals surface area contributed by atoms with E-state index in [1.165, 1.54) is 11.3 Å². The zero-order valence-corrected chi connectivity index (χ0v) is 15.2. The van der Waals surface area contributed by atoms with Gasteiger partial charge in [0, 0.05) is 55.9 Å². The number of hydrogen-bond donors (Lipinski definition) is 0. The molecule has 0 N–H and O–H groups in total. The van der Waals surface area contributed by atoms with Gasteiger partial charge in [-0.05, 0) is 26.0 Å². The predicted molar refractivity (Wildman–Crippen MR) is 97.7 cm³/mol. The molecule has 0 spiro atoms. The van der Waals surface area contributed by atoms with Crippen molar-refractivity contribution in [3.63, 3.8) is 0 Å². The van der Waals surface area contributed by atoms with Gasteiger partial charge in [-0.25, -0.2) is 4.98 Å². The van der Waals surface area contributed by atoms with Crippen LogP contribution in [-0.2, 0) is 13.1 Å². The Balaban J connectivity index is 1.45. The molecule has 136 valence electrons. The van der Waals surface area contributed by atoms with Crippen molar-refractivity contribution in [3.8, 4) is 5.88 Å². The molecule has 1 aliphatic heterocycles. The third-order valence-electron chi connectivity index (χ3n) is 4.60. The summed E-state index contributed by atoms with van der Waals surface area (Å²) in [5, 5.41) is 8.94. The minimum absolute atomic E-state index is 0.163. The zero-order valence-electron chi connectivity index (χ0n) is 15.2. The van der Waals surface area contributed by atoms with Gasteiger partial charge in [-0.1, -0.05) is 6.07 Å². The Labute approximate surface area is 153 Å². The lowest BCUT2D eigenvalue weighted by molar-refractivity contribution is 0.125. The Bertz CT molecular complexity index is 841. The first kappa shape index (κ1) is 16.8. The molecule has 0 amide bonds. The van der Waals surface area contributed by atoms with Crippen LogP contribution in [-0.4, -0.2) is 42.6 Å². The van der Waals surface area contributed by atoms with Gasteiger partial charge in [-0.15, -0.1) is 0 Å². The van der Waals surface area contributed by atoms with Crippen LogP contribution in [0.4, 0.5) is 0 Å². The monoisotopic (exact) mass is 352 g/mol. The molecule has 0 radical (unpaired) electrons. The van der Waals surface area contributed by atoms with Crippen molar-refractivity contribution >= 4 is 0 Å². The Morgan fingerprint density at radius 2 is 2.12 bits per heavy atom. The summed E-state index contributed by atoms with van der Waals surface area (Å²) in [5.41, 5.74) is 2.44. The standard InChI is InChI=1S/C19H24N6O/c1-15(2)24-11-16(9-22-24)10-23-12-17-6-8-21-25(17)18(13-23)14-26-19-5-3-4-7-20-19/h3-9,11,15,18H,10,12-14H2,1-2H3/t18-/m0/s1. The van der Waals surface area contributed by atoms with Crippen molar-refractivity contribution in [1.29, 1.82) is 0 Å². The maximum absolute atomic E-state index is 5.89. The van der Waals surface area contributed by atoms with Crippen LogP contribution in [0.1, 0.15) is 37.2 Å². The van der Waals surface area contributed by atoms with Crippen LogP contribution in [0, 0.1) is 0 Å². The number of fused-ring (bicyclic) bond motifs is 1. The van der Waals surface area contributed by atoms with Gasteiger partial charge in [0.25, 0.3) is 0 Å². The lowest BCUT2D eigenvalue weighted by atomic mass is 10.2. The number of aromatic nitrogens is 5. The van der Waals surface area contributed by atoms with Crippen molar-refractivity contribution in [1.82, 2.24) is 29.4 Å². The lowest BCUT2D eigenvalue weighted by Gasteiger charge is -2.33. The maximum Gasteiger partial charge on any atom is 0.213 e. The van der Waals surface area contributed by atoms with E-state index < -0.39 is 0 Å². The topological polar surface area (TPSA) is 61.0 Å². The fraction of sp³-hybridized carbons (Fsp3) is 0.421. The van der Waals surface area contributed by atoms with Crippen LogP contribution < -0.4 is 4.74 Å². The quantitative estimate of drug-likeness (QED) is 0.683. The minimum Gasteiger partial charge on any atom is -0.475 e. The third kappa shape index (κ3) is 3.62. The Hall–Kier alpha value is -2.67. The smallest absolute Gasteiger partial charge is 0.213 e. The summed E-state index contributed by atoms with van der Waals surface area (Å²) < 4.78 is 9.98. The zero-order chi connectivity index (χ0) is 17.9. The highest BCUT2D eigenvalue weighted by molar-refractivity contribution is 5.11. The summed E-state index contributed by atoms with van der Waals surface area (Å²) in [6.07, 6.45) is 7.71. The molecule has 0 unspecified atom stereocenters. The van der Waals surface area contributed by atoms with E-state index in [9.17, 15) is 0 Å². The molecule has 1 atom stereocenters. The average molecular weight is 352 g/mol. The van der Waals surface area contributed by atoms with Crippen molar-refractivity contribution in [2.24, 2.45) is 0 Å². The van der Waals surface area contributed by atoms with Crippen LogP contribution in [0.25, 0.3) is 0 Å². The first-order valence-electron chi connectivity index (χ1n) is 9.00. The van der Waals surface area contributed by atoms with Crippen molar-refractivity contribution in [2.45, 2.75) is 39.0 Å². The Morgan fingerprint density at radius 1 is 1.19 bits per heavy atom. The Morgan fingerprint density at radius 3 is 2.88 bits per heavy atom. The molecule has 7 heteroatoms. The fourth-order valence-corrected chi connectivity index (χ4v) is 3.32. The van der Waals surface area contributed by atoms with Gasteiger partial charge >= 0.3 is 0 Å². The van der Waals surface area contributed by atoms with Gasteiger partial charge in [0.15, 0.2) is 0 Å². The second-order valence-corrected chi connectivity index (χ2v) is 6.99. The van der Waals surface area contributed by atoms with Crippen LogP contribution >= 0.6 is 0 Å². The van der Waals surface area contributed by atoms with Crippen LogP contribution in [0.2, 0.25) is 0 Å². The van der Waals surface area contributed by atoms with E-state index in [1.807, 2.05) is 35.3 Å². The highest BCUT2D eigenvalue weighted by atomic mass is 16.5. The van der Waals surface area contributed by atoms with E-state index in [-0.39, 0.29) is 6.04 Å². The summed E-state index contributed by atoms with van der Waals surface area (Å²) in [4.78, 5) is 6.66. The van der Waals surface area contributed by atoms with Gasteiger partial charge in [-0.3, -0.25) is 14.3 Å². The molecular formula is C19H24N6O. The summed E-state index contributed by atoms with van der Waals surface area (Å²) in [6.45, 7) is 7.47. The molecule has 3 aromatic rings. The highest BCUT2D eigenvalue weighted by Crippen LogP contribution is 2.23. The van der Waals surface area contributed by atoms with Crippen molar-refractivity contribution in [2.75, 3.05) is 13.2 Å². The van der Waals surface area contributed by atoms with E-state index in [0.717, 1.165) is 19.6 Å². The van der Waals surface area contributed by atoms with Gasteiger partial charge in [0.05, 0.1) is 17.9 Å². The maximum atomic E-state index is 5.89. The van der Waals surface area contributed by atoms with E-state index in [1.54, 1.807) is 6.20 Å². The van der Waals surface area contributed by atoms with Crippen LogP contribution in [0.3, 0.4) is 0 Å². The summed E-state index contributed by atoms with van der Waals surface area (Å²) >= 11 is 0. The first-order valence-corrected chi connectivity index (χ1v) is 9.00. The van der Waals surface area contributed by atoms with E-state index in [0.29, 0.717) is 18.5 Å². The van der Waals surface area contributed by atoms with Crippen LogP contribution in [0.15, 0.2) is 49.1 Å². The minimum atomic E-state index is 0.163. The highest BCUT2D eigenvalue weighted by Gasteiger charge is 2.26. The second kappa shape index (κ2) is 7.29. The number of pyridine rings is 1. The van der Waals surface area contributed by atoms with Crippen molar-refractivity contribution in [3.05, 3.63) is 60.3 Å². The molecule has 0 fully saturated rings. The van der Waals surface area contributed by atoms with E-state index in [4.69, 9.17) is 4.74 Å². The molecule has 0 saturated heterocycles. The van der Waals surface area contributed by atoms with Gasteiger partial charge in [0.2, 0.25) is 5.88 Å². The first-order chi connectivity index (χ1) is 12.7. The Kier molecular flexibility index (Phi) is 4.71. The number of rotatable bonds is 6. The number of ether oxygens (including phenoxy) is 1. The van der Waals surface area contributed by atoms with E-state index in [2.05, 4.69) is 50.9 Å². The van der Waals surface area contributed by atoms with Gasteiger partial charge < -0.3 is 4.74 Å². The lowest BCUT2D eigenvalue weighted by Crippen LogP contribution is -2.39. The summed E-state index contributed by atoms with van der Waals surface area (Å²) in [7, 11) is 0. The van der Waals surface area contributed by atoms with Crippen LogP contribution in [0.5, 0.6) is 5.88 Å². The molecular weight excluding hydrogens is 328 g/mol. The molecule has 4 rings (SSSR count). The summed E-state index contributed by atoms with van der Waals surface area (Å²) in [6, 6.07) is 8.32.